The van der Waals surface area contributed by atoms with E-state index >= 15 is 0 Å². The van der Waals surface area contributed by atoms with Crippen LogP contribution in [0.4, 0.5) is 0 Å². The van der Waals surface area contributed by atoms with Crippen LogP contribution in [-0.2, 0) is 9.53 Å². The van der Waals surface area contributed by atoms with Gasteiger partial charge in [-0.25, -0.2) is 0 Å². The summed E-state index contributed by atoms with van der Waals surface area (Å²) >= 11 is 0. The summed E-state index contributed by atoms with van der Waals surface area (Å²) in [5.41, 5.74) is 0. The van der Waals surface area contributed by atoms with E-state index in [4.69, 9.17) is 4.74 Å². The Bertz CT molecular complexity index is 185. The lowest BCUT2D eigenvalue weighted by atomic mass is 10.2. The van der Waals surface area contributed by atoms with E-state index in [1.54, 1.807) is 7.11 Å². The molecule has 1 heterocycles. The third kappa shape index (κ3) is 3.27. The summed E-state index contributed by atoms with van der Waals surface area (Å²) in [6, 6.07) is 0.423. The number of carbonyl (C=O) groups excluding carboxylic acids is 1. The van der Waals surface area contributed by atoms with Gasteiger partial charge in [0, 0.05) is 26.2 Å². The second-order valence-electron chi connectivity index (χ2n) is 3.75. The molecular formula is C10H20N2O2. The molecule has 0 aromatic heterocycles. The summed E-state index contributed by atoms with van der Waals surface area (Å²) in [5.74, 6) is 0.214. The van der Waals surface area contributed by atoms with E-state index in [0.29, 0.717) is 19.2 Å². The van der Waals surface area contributed by atoms with Crippen molar-refractivity contribution in [3.05, 3.63) is 0 Å². The number of carbonyl (C=O) groups is 1. The number of likely N-dealkylation sites (tertiary alicyclic amines) is 1. The molecule has 0 aromatic carbocycles. The van der Waals surface area contributed by atoms with E-state index in [9.17, 15) is 4.79 Å². The van der Waals surface area contributed by atoms with E-state index < -0.39 is 0 Å². The van der Waals surface area contributed by atoms with Gasteiger partial charge in [-0.3, -0.25) is 4.79 Å². The van der Waals surface area contributed by atoms with Gasteiger partial charge in [-0.15, -0.1) is 0 Å². The maximum absolute atomic E-state index is 11.6. The Hall–Kier alpha value is -0.610. The van der Waals surface area contributed by atoms with Crippen LogP contribution >= 0.6 is 0 Å². The quantitative estimate of drug-likeness (QED) is 0.646. The van der Waals surface area contributed by atoms with E-state index in [-0.39, 0.29) is 5.91 Å². The van der Waals surface area contributed by atoms with Gasteiger partial charge < -0.3 is 15.0 Å². The van der Waals surface area contributed by atoms with Crippen molar-refractivity contribution in [2.24, 2.45) is 0 Å². The van der Waals surface area contributed by atoms with E-state index in [2.05, 4.69) is 12.2 Å². The highest BCUT2D eigenvalue weighted by atomic mass is 16.5. The summed E-state index contributed by atoms with van der Waals surface area (Å²) in [7, 11) is 1.66. The molecule has 1 aliphatic rings. The van der Waals surface area contributed by atoms with Gasteiger partial charge in [-0.2, -0.15) is 0 Å². The highest BCUT2D eigenvalue weighted by Gasteiger charge is 2.24. The molecule has 0 spiro atoms. The van der Waals surface area contributed by atoms with Crippen LogP contribution in [-0.4, -0.2) is 50.2 Å². The number of hydrogen-bond donors (Lipinski definition) is 1. The van der Waals surface area contributed by atoms with Crippen LogP contribution in [0.15, 0.2) is 0 Å². The molecule has 1 atom stereocenters. The number of rotatable bonds is 5. The number of nitrogens with zero attached hydrogens (tertiary/aromatic N) is 1. The predicted molar refractivity (Wildman–Crippen MR) is 55.2 cm³/mol. The fourth-order valence-electron chi connectivity index (χ4n) is 1.77. The van der Waals surface area contributed by atoms with Crippen molar-refractivity contribution in [3.8, 4) is 0 Å². The largest absolute Gasteiger partial charge is 0.383 e. The van der Waals surface area contributed by atoms with Crippen LogP contribution in [0.25, 0.3) is 0 Å². The Morgan fingerprint density at radius 3 is 3.00 bits per heavy atom. The van der Waals surface area contributed by atoms with Crippen molar-refractivity contribution in [1.29, 1.82) is 0 Å². The van der Waals surface area contributed by atoms with E-state index in [1.165, 1.54) is 0 Å². The molecule has 82 valence electrons. The van der Waals surface area contributed by atoms with Gasteiger partial charge in [-0.1, -0.05) is 0 Å². The highest BCUT2D eigenvalue weighted by molar-refractivity contribution is 5.78. The molecule has 1 amide bonds. The van der Waals surface area contributed by atoms with Gasteiger partial charge in [-0.05, 0) is 19.8 Å². The maximum Gasteiger partial charge on any atom is 0.236 e. The van der Waals surface area contributed by atoms with Crippen molar-refractivity contribution in [2.75, 3.05) is 33.4 Å². The number of hydrogen-bond acceptors (Lipinski definition) is 3. The lowest BCUT2D eigenvalue weighted by Crippen LogP contribution is -2.40. The minimum atomic E-state index is 0.214. The molecule has 0 aliphatic carbocycles. The van der Waals surface area contributed by atoms with Crippen molar-refractivity contribution >= 4 is 5.91 Å². The topological polar surface area (TPSA) is 41.6 Å². The molecule has 4 heteroatoms. The smallest absolute Gasteiger partial charge is 0.236 e. The molecular weight excluding hydrogens is 180 g/mol. The summed E-state index contributed by atoms with van der Waals surface area (Å²) in [5, 5.41) is 3.07. The molecule has 1 saturated heterocycles. The molecule has 1 unspecified atom stereocenters. The summed E-state index contributed by atoms with van der Waals surface area (Å²) in [6.07, 6.45) is 2.29. The third-order valence-corrected chi connectivity index (χ3v) is 2.63. The molecule has 4 nitrogen and oxygen atoms in total. The van der Waals surface area contributed by atoms with Crippen LogP contribution in [0.1, 0.15) is 19.8 Å². The van der Waals surface area contributed by atoms with Crippen LogP contribution in [0.3, 0.4) is 0 Å². The predicted octanol–water partition coefficient (Wildman–Crippen LogP) is 0.233. The minimum Gasteiger partial charge on any atom is -0.383 e. The van der Waals surface area contributed by atoms with Crippen molar-refractivity contribution in [3.63, 3.8) is 0 Å². The normalized spacial score (nSPS) is 21.6. The fourth-order valence-corrected chi connectivity index (χ4v) is 1.77. The first kappa shape index (κ1) is 11.5. The van der Waals surface area contributed by atoms with Crippen LogP contribution in [0, 0.1) is 0 Å². The molecule has 1 N–H and O–H groups in total. The van der Waals surface area contributed by atoms with E-state index in [1.807, 2.05) is 4.90 Å². The van der Waals surface area contributed by atoms with E-state index in [0.717, 1.165) is 25.9 Å². The van der Waals surface area contributed by atoms with Crippen LogP contribution < -0.4 is 5.32 Å². The molecule has 0 aromatic rings. The molecule has 1 aliphatic heterocycles. The maximum atomic E-state index is 11.6. The summed E-state index contributed by atoms with van der Waals surface area (Å²) in [6.45, 7) is 4.87. The fraction of sp³-hybridized carbons (Fsp3) is 0.900. The van der Waals surface area contributed by atoms with Gasteiger partial charge >= 0.3 is 0 Å². The molecule has 0 bridgehead atoms. The zero-order valence-electron chi connectivity index (χ0n) is 9.08. The number of methoxy groups -OCH3 is 1. The van der Waals surface area contributed by atoms with Gasteiger partial charge in [0.25, 0.3) is 0 Å². The zero-order valence-corrected chi connectivity index (χ0v) is 9.08. The Morgan fingerprint density at radius 2 is 2.43 bits per heavy atom. The third-order valence-electron chi connectivity index (χ3n) is 2.63. The van der Waals surface area contributed by atoms with Crippen LogP contribution in [0.2, 0.25) is 0 Å². The first-order valence-electron chi connectivity index (χ1n) is 5.25. The highest BCUT2D eigenvalue weighted by Crippen LogP contribution is 2.15. The van der Waals surface area contributed by atoms with Gasteiger partial charge in [0.05, 0.1) is 13.2 Å². The Kier molecular flexibility index (Phi) is 4.90. The second-order valence-corrected chi connectivity index (χ2v) is 3.75. The lowest BCUT2D eigenvalue weighted by Gasteiger charge is -2.21. The Labute approximate surface area is 85.6 Å². The van der Waals surface area contributed by atoms with Crippen molar-refractivity contribution in [2.45, 2.75) is 25.8 Å². The average Bonchev–Trinajstić information content (AvgIpc) is 2.59. The minimum absolute atomic E-state index is 0.214. The van der Waals surface area contributed by atoms with Gasteiger partial charge in [0.2, 0.25) is 5.91 Å². The van der Waals surface area contributed by atoms with Gasteiger partial charge in [0.1, 0.15) is 0 Å². The lowest BCUT2D eigenvalue weighted by molar-refractivity contribution is -0.130. The molecule has 0 radical (unpaired) electrons. The van der Waals surface area contributed by atoms with Crippen molar-refractivity contribution < 1.29 is 9.53 Å². The number of nitrogens with one attached hydrogen (secondary N) is 1. The first-order valence-corrected chi connectivity index (χ1v) is 5.25. The molecule has 1 rings (SSSR count). The second kappa shape index (κ2) is 5.98. The SMILES string of the molecule is COCCNCC(=O)N1CCCC1C. The summed E-state index contributed by atoms with van der Waals surface area (Å²) in [4.78, 5) is 13.6. The summed E-state index contributed by atoms with van der Waals surface area (Å²) < 4.78 is 4.88. The molecule has 14 heavy (non-hydrogen) atoms. The Balaban J connectivity index is 2.14. The van der Waals surface area contributed by atoms with Crippen LogP contribution in [0.5, 0.6) is 0 Å². The monoisotopic (exact) mass is 200 g/mol. The zero-order chi connectivity index (χ0) is 10.4. The molecule has 1 fully saturated rings. The standard InChI is InChI=1S/C10H20N2O2/c1-9-4-3-6-12(9)10(13)8-11-5-7-14-2/h9,11H,3-8H2,1-2H3. The van der Waals surface area contributed by atoms with Crippen molar-refractivity contribution in [1.82, 2.24) is 10.2 Å². The first-order chi connectivity index (χ1) is 6.75. The Morgan fingerprint density at radius 1 is 1.64 bits per heavy atom. The number of ether oxygens (including phenoxy) is 1. The average molecular weight is 200 g/mol. The van der Waals surface area contributed by atoms with Gasteiger partial charge in [0.15, 0.2) is 0 Å². The molecule has 0 saturated carbocycles. The number of amides is 1.